The topological polar surface area (TPSA) is 58.8 Å². The van der Waals surface area contributed by atoms with Crippen molar-refractivity contribution >= 4 is 11.8 Å². The molecule has 4 aromatic rings. The highest BCUT2D eigenvalue weighted by Gasteiger charge is 2.28. The Balaban J connectivity index is 1.58. The van der Waals surface area contributed by atoms with E-state index in [0.29, 0.717) is 37.8 Å². The molecule has 1 aromatic heterocycles. The van der Waals surface area contributed by atoms with Crippen LogP contribution in [0.25, 0.3) is 11.3 Å². The van der Waals surface area contributed by atoms with Gasteiger partial charge in [0.05, 0.1) is 25.3 Å². The summed E-state index contributed by atoms with van der Waals surface area (Å²) in [5.74, 6) is 0.701. The fourth-order valence-corrected chi connectivity index (χ4v) is 4.65. The third-order valence-electron chi connectivity index (χ3n) is 6.59. The zero-order valence-corrected chi connectivity index (χ0v) is 20.8. The summed E-state index contributed by atoms with van der Waals surface area (Å²) >= 11 is 0. The first kappa shape index (κ1) is 23.8. The van der Waals surface area contributed by atoms with Crippen molar-refractivity contribution in [3.8, 4) is 11.3 Å². The molecule has 1 aliphatic rings. The van der Waals surface area contributed by atoms with Gasteiger partial charge >= 0.3 is 0 Å². The number of hydrogen-bond acceptors (Lipinski definition) is 5. The van der Waals surface area contributed by atoms with Crippen LogP contribution in [0.1, 0.15) is 32.6 Å². The minimum atomic E-state index is -0.0127. The van der Waals surface area contributed by atoms with E-state index in [1.165, 1.54) is 0 Å². The molecule has 6 heteroatoms. The van der Waals surface area contributed by atoms with Gasteiger partial charge in [-0.05, 0) is 37.1 Å². The van der Waals surface area contributed by atoms with E-state index in [9.17, 15) is 4.79 Å². The van der Waals surface area contributed by atoms with Crippen molar-refractivity contribution in [1.82, 2.24) is 10.1 Å². The molecule has 5 rings (SSSR count). The van der Waals surface area contributed by atoms with Crippen molar-refractivity contribution in [2.75, 3.05) is 31.2 Å². The smallest absolute Gasteiger partial charge is 0.254 e. The first-order valence-corrected chi connectivity index (χ1v) is 12.4. The Labute approximate surface area is 212 Å². The molecular weight excluding hydrogens is 450 g/mol. The maximum atomic E-state index is 13.9. The van der Waals surface area contributed by atoms with Gasteiger partial charge in [-0.3, -0.25) is 4.79 Å². The van der Waals surface area contributed by atoms with Gasteiger partial charge in [0.25, 0.3) is 5.91 Å². The fraction of sp³-hybridized carbons (Fsp3) is 0.267. The summed E-state index contributed by atoms with van der Waals surface area (Å²) in [5, 5.41) is 4.52. The zero-order valence-electron chi connectivity index (χ0n) is 20.8. The molecule has 1 aliphatic heterocycles. The van der Waals surface area contributed by atoms with Gasteiger partial charge in [-0.15, -0.1) is 0 Å². The summed E-state index contributed by atoms with van der Waals surface area (Å²) in [6.07, 6.45) is 0. The summed E-state index contributed by atoms with van der Waals surface area (Å²) in [5.41, 5.74) is 6.55. The molecule has 0 unspecified atom stereocenters. The molecule has 1 fully saturated rings. The Morgan fingerprint density at radius 1 is 0.917 bits per heavy atom. The monoisotopic (exact) mass is 481 g/mol. The van der Waals surface area contributed by atoms with Crippen LogP contribution in [0.4, 0.5) is 5.88 Å². The van der Waals surface area contributed by atoms with Crippen LogP contribution >= 0.6 is 0 Å². The van der Waals surface area contributed by atoms with E-state index in [0.717, 1.165) is 46.6 Å². The molecule has 0 bridgehead atoms. The number of morpholine rings is 1. The number of nitrogens with zero attached hydrogens (tertiary/aromatic N) is 3. The van der Waals surface area contributed by atoms with Crippen molar-refractivity contribution in [1.29, 1.82) is 0 Å². The molecule has 3 aromatic carbocycles. The number of ether oxygens (including phenoxy) is 1. The molecule has 1 amide bonds. The van der Waals surface area contributed by atoms with Gasteiger partial charge in [0.1, 0.15) is 5.69 Å². The largest absolute Gasteiger partial charge is 0.378 e. The van der Waals surface area contributed by atoms with Gasteiger partial charge < -0.3 is 19.1 Å². The van der Waals surface area contributed by atoms with E-state index in [1.54, 1.807) is 0 Å². The highest BCUT2D eigenvalue weighted by Crippen LogP contribution is 2.34. The lowest BCUT2D eigenvalue weighted by molar-refractivity contribution is 0.0729. The van der Waals surface area contributed by atoms with Gasteiger partial charge in [-0.1, -0.05) is 77.5 Å². The molecule has 184 valence electrons. The summed E-state index contributed by atoms with van der Waals surface area (Å²) in [6, 6.07) is 26.1. The minimum absolute atomic E-state index is 0.0127. The highest BCUT2D eigenvalue weighted by atomic mass is 16.5. The van der Waals surface area contributed by atoms with Crippen LogP contribution in [0.5, 0.6) is 0 Å². The highest BCUT2D eigenvalue weighted by molar-refractivity contribution is 5.95. The van der Waals surface area contributed by atoms with E-state index < -0.39 is 0 Å². The van der Waals surface area contributed by atoms with Crippen LogP contribution in [0.15, 0.2) is 83.4 Å². The predicted octanol–water partition coefficient (Wildman–Crippen LogP) is 5.64. The number of rotatable bonds is 7. The number of anilines is 1. The summed E-state index contributed by atoms with van der Waals surface area (Å²) in [6.45, 7) is 7.61. The van der Waals surface area contributed by atoms with Crippen molar-refractivity contribution < 1.29 is 14.1 Å². The second-order valence-electron chi connectivity index (χ2n) is 9.25. The summed E-state index contributed by atoms with van der Waals surface area (Å²) in [7, 11) is 0. The number of aromatic nitrogens is 1. The second-order valence-corrected chi connectivity index (χ2v) is 9.25. The van der Waals surface area contributed by atoms with Gasteiger partial charge in [0, 0.05) is 30.8 Å². The molecular formula is C30H31N3O3. The molecule has 0 N–H and O–H groups in total. The first-order valence-electron chi connectivity index (χ1n) is 12.4. The molecule has 1 saturated heterocycles. The normalized spacial score (nSPS) is 13.6. The Kier molecular flexibility index (Phi) is 7.14. The van der Waals surface area contributed by atoms with Crippen LogP contribution in [0, 0.1) is 13.8 Å². The first-order chi connectivity index (χ1) is 17.6. The maximum absolute atomic E-state index is 13.9. The Hall–Kier alpha value is -3.90. The van der Waals surface area contributed by atoms with Crippen molar-refractivity contribution in [3.63, 3.8) is 0 Å². The lowest BCUT2D eigenvalue weighted by Crippen LogP contribution is -2.37. The van der Waals surface area contributed by atoms with E-state index in [2.05, 4.69) is 41.2 Å². The Bertz CT molecular complexity index is 1330. The lowest BCUT2D eigenvalue weighted by Gasteiger charge is -2.29. The van der Waals surface area contributed by atoms with Crippen LogP contribution in [0.2, 0.25) is 0 Å². The predicted molar refractivity (Wildman–Crippen MR) is 141 cm³/mol. The standard InChI is InChI=1S/C30H31N3O3/c1-22-9-8-13-25(19-22)28-27(30(36-31-28)32-15-17-35-18-16-32)21-33(20-24-11-4-3-5-12-24)29(34)26-14-7-6-10-23(26)2/h3-14,19H,15-18,20-21H2,1-2H3. The Morgan fingerprint density at radius 2 is 1.67 bits per heavy atom. The average Bonchev–Trinajstić information content (AvgIpc) is 3.33. The van der Waals surface area contributed by atoms with Gasteiger partial charge in [0.15, 0.2) is 0 Å². The number of benzene rings is 3. The van der Waals surface area contributed by atoms with Crippen LogP contribution in [-0.2, 0) is 17.8 Å². The molecule has 0 radical (unpaired) electrons. The zero-order chi connectivity index (χ0) is 24.9. The van der Waals surface area contributed by atoms with Gasteiger partial charge in [0.2, 0.25) is 5.88 Å². The Morgan fingerprint density at radius 3 is 2.42 bits per heavy atom. The average molecular weight is 482 g/mol. The van der Waals surface area contributed by atoms with E-state index in [1.807, 2.05) is 66.4 Å². The van der Waals surface area contributed by atoms with E-state index in [-0.39, 0.29) is 5.91 Å². The second kappa shape index (κ2) is 10.8. The SMILES string of the molecule is Cc1cccc(-c2noc(N3CCOCC3)c2CN(Cc2ccccc2)C(=O)c2ccccc2C)c1. The summed E-state index contributed by atoms with van der Waals surface area (Å²) < 4.78 is 11.5. The molecule has 0 atom stereocenters. The molecule has 0 saturated carbocycles. The number of aryl methyl sites for hydroxylation is 2. The third kappa shape index (κ3) is 5.19. The molecule has 36 heavy (non-hydrogen) atoms. The fourth-order valence-electron chi connectivity index (χ4n) is 4.65. The van der Waals surface area contributed by atoms with Gasteiger partial charge in [-0.2, -0.15) is 0 Å². The number of amides is 1. The van der Waals surface area contributed by atoms with Crippen LogP contribution in [0.3, 0.4) is 0 Å². The van der Waals surface area contributed by atoms with Gasteiger partial charge in [-0.25, -0.2) is 0 Å². The van der Waals surface area contributed by atoms with Crippen LogP contribution < -0.4 is 4.90 Å². The van der Waals surface area contributed by atoms with Crippen molar-refractivity contribution in [3.05, 3.63) is 107 Å². The number of carbonyl (C=O) groups excluding carboxylic acids is 1. The lowest BCUT2D eigenvalue weighted by atomic mass is 10.0. The molecule has 0 aliphatic carbocycles. The number of carbonyl (C=O) groups is 1. The molecule has 6 nitrogen and oxygen atoms in total. The quantitative estimate of drug-likeness (QED) is 0.342. The van der Waals surface area contributed by atoms with E-state index in [4.69, 9.17) is 9.26 Å². The maximum Gasteiger partial charge on any atom is 0.254 e. The molecule has 0 spiro atoms. The molecule has 2 heterocycles. The van der Waals surface area contributed by atoms with Crippen LogP contribution in [-0.4, -0.2) is 42.3 Å². The van der Waals surface area contributed by atoms with Crippen molar-refractivity contribution in [2.24, 2.45) is 0 Å². The summed E-state index contributed by atoms with van der Waals surface area (Å²) in [4.78, 5) is 18.0. The number of hydrogen-bond donors (Lipinski definition) is 0. The minimum Gasteiger partial charge on any atom is -0.378 e. The third-order valence-corrected chi connectivity index (χ3v) is 6.59. The van der Waals surface area contributed by atoms with Crippen molar-refractivity contribution in [2.45, 2.75) is 26.9 Å². The van der Waals surface area contributed by atoms with E-state index >= 15 is 0 Å².